The fourth-order valence-corrected chi connectivity index (χ4v) is 2.58. The molecule has 0 spiro atoms. The van der Waals surface area contributed by atoms with Gasteiger partial charge in [-0.2, -0.15) is 0 Å². The van der Waals surface area contributed by atoms with Crippen molar-refractivity contribution in [3.63, 3.8) is 0 Å². The van der Waals surface area contributed by atoms with Crippen LogP contribution in [0.15, 0.2) is 11.7 Å². The minimum absolute atomic E-state index is 0.589. The predicted octanol–water partition coefficient (Wildman–Crippen LogP) is 2.05. The summed E-state index contributed by atoms with van der Waals surface area (Å²) in [5.41, 5.74) is 1.84. The summed E-state index contributed by atoms with van der Waals surface area (Å²) in [6, 6.07) is 0.589. The van der Waals surface area contributed by atoms with Gasteiger partial charge >= 0.3 is 0 Å². The van der Waals surface area contributed by atoms with Crippen LogP contribution in [-0.4, -0.2) is 16.1 Å². The average molecular weight is 241 g/mol. The zero-order chi connectivity index (χ0) is 10.5. The highest BCUT2D eigenvalue weighted by atomic mass is 32.1. The molecule has 0 atom stereocenters. The summed E-state index contributed by atoms with van der Waals surface area (Å²) in [6.07, 6.45) is 7.03. The van der Waals surface area contributed by atoms with Gasteiger partial charge in [-0.05, 0) is 25.1 Å². The largest absolute Gasteiger partial charge is 0.360 e. The summed E-state index contributed by atoms with van der Waals surface area (Å²) in [7, 11) is 0. The molecular weight excluding hydrogens is 226 g/mol. The SMILES string of the molecule is S=C(NCc1cncs1)NC1CCCC1. The molecule has 2 rings (SSSR count). The van der Waals surface area contributed by atoms with Gasteiger partial charge in [0.15, 0.2) is 5.11 Å². The van der Waals surface area contributed by atoms with Gasteiger partial charge in [-0.15, -0.1) is 11.3 Å². The Kier molecular flexibility index (Phi) is 3.91. The maximum Gasteiger partial charge on any atom is 0.166 e. The average Bonchev–Trinajstić information content (AvgIpc) is 2.86. The number of nitrogens with zero attached hydrogens (tertiary/aromatic N) is 1. The number of aromatic nitrogens is 1. The van der Waals surface area contributed by atoms with Crippen molar-refractivity contribution in [1.29, 1.82) is 0 Å². The van der Waals surface area contributed by atoms with Gasteiger partial charge in [-0.25, -0.2) is 0 Å². The molecule has 1 aromatic heterocycles. The second kappa shape index (κ2) is 5.42. The smallest absolute Gasteiger partial charge is 0.166 e. The van der Waals surface area contributed by atoms with Crippen LogP contribution < -0.4 is 10.6 Å². The Balaban J connectivity index is 1.68. The zero-order valence-corrected chi connectivity index (χ0v) is 10.2. The molecule has 1 heterocycles. The lowest BCUT2D eigenvalue weighted by Crippen LogP contribution is -2.40. The molecule has 0 amide bonds. The van der Waals surface area contributed by atoms with Crippen molar-refractivity contribution in [3.05, 3.63) is 16.6 Å². The second-order valence-corrected chi connectivity index (χ2v) is 5.16. The van der Waals surface area contributed by atoms with Crippen LogP contribution in [-0.2, 0) is 6.54 Å². The number of thiocarbonyl (C=S) groups is 1. The van der Waals surface area contributed by atoms with Crippen molar-refractivity contribution in [2.75, 3.05) is 0 Å². The number of nitrogens with one attached hydrogen (secondary N) is 2. The van der Waals surface area contributed by atoms with Crippen molar-refractivity contribution in [3.8, 4) is 0 Å². The fraction of sp³-hybridized carbons (Fsp3) is 0.600. The van der Waals surface area contributed by atoms with Gasteiger partial charge in [-0.3, -0.25) is 4.98 Å². The molecule has 0 bridgehead atoms. The molecule has 1 aromatic rings. The minimum atomic E-state index is 0.589. The van der Waals surface area contributed by atoms with E-state index in [1.165, 1.54) is 30.6 Å². The van der Waals surface area contributed by atoms with Gasteiger partial charge < -0.3 is 10.6 Å². The predicted molar refractivity (Wildman–Crippen MR) is 66.9 cm³/mol. The molecule has 1 fully saturated rings. The van der Waals surface area contributed by atoms with Crippen LogP contribution in [0, 0.1) is 0 Å². The van der Waals surface area contributed by atoms with Gasteiger partial charge in [0.2, 0.25) is 0 Å². The Hall–Kier alpha value is -0.680. The van der Waals surface area contributed by atoms with E-state index in [4.69, 9.17) is 12.2 Å². The van der Waals surface area contributed by atoms with Crippen LogP contribution >= 0.6 is 23.6 Å². The maximum atomic E-state index is 5.23. The van der Waals surface area contributed by atoms with E-state index in [-0.39, 0.29) is 0 Å². The molecule has 0 unspecified atom stereocenters. The van der Waals surface area contributed by atoms with Crippen molar-refractivity contribution < 1.29 is 0 Å². The number of hydrogen-bond acceptors (Lipinski definition) is 3. The van der Waals surface area contributed by atoms with E-state index in [1.54, 1.807) is 11.3 Å². The van der Waals surface area contributed by atoms with E-state index >= 15 is 0 Å². The Labute approximate surface area is 99.3 Å². The van der Waals surface area contributed by atoms with Gasteiger partial charge in [0, 0.05) is 17.1 Å². The summed E-state index contributed by atoms with van der Waals surface area (Å²) in [6.45, 7) is 0.781. The van der Waals surface area contributed by atoms with Crippen LogP contribution in [0.5, 0.6) is 0 Å². The van der Waals surface area contributed by atoms with Crippen molar-refractivity contribution in [2.24, 2.45) is 0 Å². The molecule has 5 heteroatoms. The molecule has 1 aliphatic rings. The lowest BCUT2D eigenvalue weighted by atomic mass is 10.3. The van der Waals surface area contributed by atoms with Gasteiger partial charge in [0.25, 0.3) is 0 Å². The Morgan fingerprint density at radius 3 is 3.00 bits per heavy atom. The highest BCUT2D eigenvalue weighted by Crippen LogP contribution is 2.17. The highest BCUT2D eigenvalue weighted by Gasteiger charge is 2.15. The van der Waals surface area contributed by atoms with Crippen LogP contribution in [0.4, 0.5) is 0 Å². The Morgan fingerprint density at radius 2 is 2.33 bits per heavy atom. The van der Waals surface area contributed by atoms with Crippen molar-refractivity contribution in [1.82, 2.24) is 15.6 Å². The van der Waals surface area contributed by atoms with E-state index in [2.05, 4.69) is 15.6 Å². The van der Waals surface area contributed by atoms with Gasteiger partial charge in [0.05, 0.1) is 12.1 Å². The Bertz CT molecular complexity index is 304. The fourth-order valence-electron chi connectivity index (χ4n) is 1.80. The standard InChI is InChI=1S/C10H15N3S2/c14-10(13-8-3-1-2-4-8)12-6-9-5-11-7-15-9/h5,7-8H,1-4,6H2,(H2,12,13,14). The number of hydrogen-bond donors (Lipinski definition) is 2. The summed E-state index contributed by atoms with van der Waals surface area (Å²) >= 11 is 6.87. The first-order valence-corrected chi connectivity index (χ1v) is 6.55. The lowest BCUT2D eigenvalue weighted by molar-refractivity contribution is 0.621. The number of rotatable bonds is 3. The third-order valence-electron chi connectivity index (χ3n) is 2.60. The van der Waals surface area contributed by atoms with Crippen LogP contribution in [0.1, 0.15) is 30.6 Å². The second-order valence-electron chi connectivity index (χ2n) is 3.78. The molecule has 82 valence electrons. The molecule has 0 aliphatic heterocycles. The zero-order valence-electron chi connectivity index (χ0n) is 8.53. The maximum absolute atomic E-state index is 5.23. The topological polar surface area (TPSA) is 37.0 Å². The van der Waals surface area contributed by atoms with Crippen LogP contribution in [0.2, 0.25) is 0 Å². The Morgan fingerprint density at radius 1 is 1.53 bits per heavy atom. The van der Waals surface area contributed by atoms with Crippen molar-refractivity contribution in [2.45, 2.75) is 38.3 Å². The summed E-state index contributed by atoms with van der Waals surface area (Å²) in [4.78, 5) is 5.23. The quantitative estimate of drug-likeness (QED) is 0.794. The molecule has 0 aromatic carbocycles. The first-order valence-electron chi connectivity index (χ1n) is 5.26. The van der Waals surface area contributed by atoms with E-state index in [9.17, 15) is 0 Å². The molecular formula is C10H15N3S2. The molecule has 2 N–H and O–H groups in total. The monoisotopic (exact) mass is 241 g/mol. The normalized spacial score (nSPS) is 16.5. The molecule has 1 aliphatic carbocycles. The molecule has 0 radical (unpaired) electrons. The molecule has 1 saturated carbocycles. The van der Waals surface area contributed by atoms with E-state index in [1.807, 2.05) is 11.7 Å². The van der Waals surface area contributed by atoms with Crippen molar-refractivity contribution >= 4 is 28.7 Å². The van der Waals surface area contributed by atoms with Gasteiger partial charge in [-0.1, -0.05) is 12.8 Å². The number of thiazole rings is 1. The minimum Gasteiger partial charge on any atom is -0.360 e. The van der Waals surface area contributed by atoms with Crippen LogP contribution in [0.3, 0.4) is 0 Å². The third-order valence-corrected chi connectivity index (χ3v) is 3.64. The molecule has 0 saturated heterocycles. The summed E-state index contributed by atoms with van der Waals surface area (Å²) in [5, 5.41) is 7.32. The summed E-state index contributed by atoms with van der Waals surface area (Å²) in [5.74, 6) is 0. The lowest BCUT2D eigenvalue weighted by Gasteiger charge is -2.14. The van der Waals surface area contributed by atoms with E-state index in [0.29, 0.717) is 6.04 Å². The van der Waals surface area contributed by atoms with Gasteiger partial charge in [0.1, 0.15) is 0 Å². The first-order chi connectivity index (χ1) is 7.34. The third kappa shape index (κ3) is 3.43. The summed E-state index contributed by atoms with van der Waals surface area (Å²) < 4.78 is 0. The highest BCUT2D eigenvalue weighted by molar-refractivity contribution is 7.80. The van der Waals surface area contributed by atoms with Crippen LogP contribution in [0.25, 0.3) is 0 Å². The first kappa shape index (κ1) is 10.8. The molecule has 15 heavy (non-hydrogen) atoms. The molecule has 3 nitrogen and oxygen atoms in total. The van der Waals surface area contributed by atoms with E-state index in [0.717, 1.165) is 11.7 Å². The van der Waals surface area contributed by atoms with E-state index < -0.39 is 0 Å².